The van der Waals surface area contributed by atoms with Crippen LogP contribution in [-0.4, -0.2) is 36.5 Å². The first-order chi connectivity index (χ1) is 16.0. The van der Waals surface area contributed by atoms with Gasteiger partial charge in [0, 0.05) is 25.1 Å². The molecule has 2 aromatic carbocycles. The molecule has 34 heavy (non-hydrogen) atoms. The lowest BCUT2D eigenvalue weighted by molar-refractivity contribution is 0.0981. The third-order valence-electron chi connectivity index (χ3n) is 5.91. The van der Waals surface area contributed by atoms with Crippen LogP contribution in [0.15, 0.2) is 65.6 Å². The summed E-state index contributed by atoms with van der Waals surface area (Å²) < 4.78 is 41.6. The topological polar surface area (TPSA) is 99.6 Å². The quantitative estimate of drug-likeness (QED) is 0.549. The summed E-state index contributed by atoms with van der Waals surface area (Å²) in [6, 6.07) is 14.2. The van der Waals surface area contributed by atoms with Gasteiger partial charge in [-0.3, -0.25) is 4.79 Å². The van der Waals surface area contributed by atoms with Crippen LogP contribution in [0.3, 0.4) is 0 Å². The lowest BCUT2D eigenvalue weighted by Crippen LogP contribution is -2.41. The van der Waals surface area contributed by atoms with Crippen molar-refractivity contribution in [3.63, 3.8) is 0 Å². The Morgan fingerprint density at radius 2 is 1.88 bits per heavy atom. The standard InChI is InChI=1S/C25H26FN3O4S.H2/c1-16-14-25(2,3)29(15-16)23-21(24(31)28-34(32,33)20-7-5-4-6-8-20)9-10-22(27-23)17-11-18(26)13-19(30)12-17;/h4-13,16,30H,14-15H2,1-3H3,(H,28,31);1H/t16-;/m0./s1. The van der Waals surface area contributed by atoms with E-state index >= 15 is 0 Å². The predicted molar refractivity (Wildman–Crippen MR) is 130 cm³/mol. The number of rotatable bonds is 5. The van der Waals surface area contributed by atoms with Crippen molar-refractivity contribution in [3.05, 3.63) is 72.0 Å². The molecule has 0 saturated carbocycles. The Morgan fingerprint density at radius 3 is 2.50 bits per heavy atom. The third kappa shape index (κ3) is 4.75. The van der Waals surface area contributed by atoms with Gasteiger partial charge in [-0.15, -0.1) is 0 Å². The number of carbonyl (C=O) groups is 1. The fraction of sp³-hybridized carbons (Fsp3) is 0.280. The number of benzene rings is 2. The first kappa shape index (κ1) is 23.7. The molecule has 2 N–H and O–H groups in total. The zero-order chi connectivity index (χ0) is 24.7. The summed E-state index contributed by atoms with van der Waals surface area (Å²) in [6.45, 7) is 6.77. The largest absolute Gasteiger partial charge is 0.508 e. The van der Waals surface area contributed by atoms with Gasteiger partial charge in [0.25, 0.3) is 15.9 Å². The summed E-state index contributed by atoms with van der Waals surface area (Å²) in [7, 11) is -4.09. The number of hydrogen-bond donors (Lipinski definition) is 2. The Kier molecular flexibility index (Phi) is 6.07. The summed E-state index contributed by atoms with van der Waals surface area (Å²) in [5, 5.41) is 9.82. The third-order valence-corrected chi connectivity index (χ3v) is 7.25. The zero-order valence-electron chi connectivity index (χ0n) is 19.1. The van der Waals surface area contributed by atoms with E-state index in [2.05, 4.69) is 16.6 Å². The second-order valence-electron chi connectivity index (χ2n) is 9.25. The molecule has 180 valence electrons. The Bertz CT molecular complexity index is 1330. The monoisotopic (exact) mass is 485 g/mol. The van der Waals surface area contributed by atoms with Crippen molar-refractivity contribution in [2.45, 2.75) is 37.6 Å². The molecule has 1 atom stereocenters. The molecule has 1 fully saturated rings. The highest BCUT2D eigenvalue weighted by Gasteiger charge is 2.39. The van der Waals surface area contributed by atoms with Crippen LogP contribution in [0.5, 0.6) is 5.75 Å². The molecule has 3 aromatic rings. The second-order valence-corrected chi connectivity index (χ2v) is 10.9. The van der Waals surface area contributed by atoms with E-state index in [1.807, 2.05) is 18.7 Å². The number of hydrogen-bond acceptors (Lipinski definition) is 6. The maximum Gasteiger partial charge on any atom is 0.268 e. The van der Waals surface area contributed by atoms with Gasteiger partial charge >= 0.3 is 0 Å². The summed E-state index contributed by atoms with van der Waals surface area (Å²) in [5.74, 6) is -1.05. The van der Waals surface area contributed by atoms with Crippen molar-refractivity contribution >= 4 is 21.7 Å². The van der Waals surface area contributed by atoms with Crippen LogP contribution in [0.2, 0.25) is 0 Å². The van der Waals surface area contributed by atoms with Crippen LogP contribution in [0.25, 0.3) is 11.3 Å². The minimum absolute atomic E-state index is 0. The Labute approximate surface area is 199 Å². The van der Waals surface area contributed by atoms with E-state index < -0.39 is 21.7 Å². The van der Waals surface area contributed by atoms with Gasteiger partial charge in [-0.2, -0.15) is 0 Å². The number of aromatic nitrogens is 1. The molecule has 1 saturated heterocycles. The summed E-state index contributed by atoms with van der Waals surface area (Å²) in [5.41, 5.74) is 0.434. The van der Waals surface area contributed by atoms with E-state index in [0.717, 1.165) is 12.5 Å². The van der Waals surface area contributed by atoms with Crippen molar-refractivity contribution in [3.8, 4) is 17.0 Å². The molecule has 1 aliphatic heterocycles. The van der Waals surface area contributed by atoms with Gasteiger partial charge < -0.3 is 10.0 Å². The minimum Gasteiger partial charge on any atom is -0.508 e. The number of phenolic OH excluding ortho intramolecular Hbond substituents is 1. The Hall–Kier alpha value is -3.46. The van der Waals surface area contributed by atoms with Crippen molar-refractivity contribution in [2.24, 2.45) is 5.92 Å². The Morgan fingerprint density at radius 1 is 1.18 bits per heavy atom. The maximum absolute atomic E-state index is 13.9. The molecule has 4 rings (SSSR count). The molecule has 2 heterocycles. The molecule has 1 aliphatic rings. The van der Waals surface area contributed by atoms with E-state index in [9.17, 15) is 22.7 Å². The van der Waals surface area contributed by atoms with E-state index in [4.69, 9.17) is 0 Å². The number of pyridine rings is 1. The molecule has 0 unspecified atom stereocenters. The van der Waals surface area contributed by atoms with Crippen molar-refractivity contribution in [2.75, 3.05) is 11.4 Å². The number of sulfonamides is 1. The fourth-order valence-corrected chi connectivity index (χ4v) is 5.50. The van der Waals surface area contributed by atoms with Gasteiger partial charge in [0.1, 0.15) is 17.4 Å². The van der Waals surface area contributed by atoms with Crippen LogP contribution in [0.1, 0.15) is 39.0 Å². The molecule has 0 aliphatic carbocycles. The first-order valence-electron chi connectivity index (χ1n) is 10.9. The number of nitrogens with zero attached hydrogens (tertiary/aromatic N) is 2. The zero-order valence-corrected chi connectivity index (χ0v) is 19.9. The molecule has 0 bridgehead atoms. The molecule has 0 radical (unpaired) electrons. The van der Waals surface area contributed by atoms with Gasteiger partial charge in [-0.05, 0) is 62.6 Å². The average molecular weight is 486 g/mol. The molecule has 0 spiro atoms. The number of amides is 1. The first-order valence-corrected chi connectivity index (χ1v) is 12.4. The molecular weight excluding hydrogens is 457 g/mol. The lowest BCUT2D eigenvalue weighted by Gasteiger charge is -2.34. The highest BCUT2D eigenvalue weighted by Crippen LogP contribution is 2.38. The van der Waals surface area contributed by atoms with E-state index in [-0.39, 0.29) is 23.2 Å². The summed E-state index contributed by atoms with van der Waals surface area (Å²) >= 11 is 0. The van der Waals surface area contributed by atoms with Crippen LogP contribution in [-0.2, 0) is 10.0 Å². The van der Waals surface area contributed by atoms with Crippen molar-refractivity contribution in [1.82, 2.24) is 9.71 Å². The number of aromatic hydroxyl groups is 1. The van der Waals surface area contributed by atoms with E-state index in [1.165, 1.54) is 36.4 Å². The molecule has 1 aromatic heterocycles. The van der Waals surface area contributed by atoms with Gasteiger partial charge in [0.05, 0.1) is 16.2 Å². The highest BCUT2D eigenvalue weighted by atomic mass is 32.2. The maximum atomic E-state index is 13.9. The minimum atomic E-state index is -4.09. The van der Waals surface area contributed by atoms with Gasteiger partial charge in [0.2, 0.25) is 0 Å². The van der Waals surface area contributed by atoms with E-state index in [1.54, 1.807) is 18.2 Å². The highest BCUT2D eigenvalue weighted by molar-refractivity contribution is 7.90. The smallest absolute Gasteiger partial charge is 0.268 e. The predicted octanol–water partition coefficient (Wildman–Crippen LogP) is 4.58. The van der Waals surface area contributed by atoms with Crippen LogP contribution in [0.4, 0.5) is 10.2 Å². The van der Waals surface area contributed by atoms with Crippen LogP contribution in [0, 0.1) is 11.7 Å². The van der Waals surface area contributed by atoms with Gasteiger partial charge in [-0.25, -0.2) is 22.5 Å². The number of phenols is 1. The van der Waals surface area contributed by atoms with Gasteiger partial charge in [0.15, 0.2) is 0 Å². The lowest BCUT2D eigenvalue weighted by atomic mass is 9.97. The Balaban J connectivity index is 0.00000342. The number of carbonyl (C=O) groups excluding carboxylic acids is 1. The van der Waals surface area contributed by atoms with Crippen molar-refractivity contribution < 1.29 is 24.1 Å². The number of nitrogens with one attached hydrogen (secondary N) is 1. The number of anilines is 1. The van der Waals surface area contributed by atoms with Gasteiger partial charge in [-0.1, -0.05) is 25.1 Å². The van der Waals surface area contributed by atoms with E-state index in [0.29, 0.717) is 29.5 Å². The van der Waals surface area contributed by atoms with Crippen LogP contribution >= 0.6 is 0 Å². The SMILES string of the molecule is C[C@@H]1CN(c2nc(-c3cc(O)cc(F)c3)ccc2C(=O)NS(=O)(=O)c2ccccc2)C(C)(C)C1.[HH]. The number of halogens is 1. The molecule has 7 nitrogen and oxygen atoms in total. The summed E-state index contributed by atoms with van der Waals surface area (Å²) in [4.78, 5) is 19.8. The van der Waals surface area contributed by atoms with Crippen LogP contribution < -0.4 is 9.62 Å². The van der Waals surface area contributed by atoms with Crippen molar-refractivity contribution in [1.29, 1.82) is 0 Å². The average Bonchev–Trinajstić information content (AvgIpc) is 3.04. The second kappa shape index (κ2) is 8.72. The molecule has 9 heteroatoms. The normalized spacial score (nSPS) is 17.5. The fourth-order valence-electron chi connectivity index (χ4n) is 4.51. The molecular formula is C25H28FN3O4S. The molecule has 1 amide bonds. The summed E-state index contributed by atoms with van der Waals surface area (Å²) in [6.07, 6.45) is 0.850.